The van der Waals surface area contributed by atoms with E-state index >= 15 is 0 Å². The summed E-state index contributed by atoms with van der Waals surface area (Å²) < 4.78 is 6.19. The van der Waals surface area contributed by atoms with Crippen molar-refractivity contribution >= 4 is 11.3 Å². The molecule has 0 amide bonds. The van der Waals surface area contributed by atoms with E-state index in [2.05, 4.69) is 25.2 Å². The highest BCUT2D eigenvalue weighted by Crippen LogP contribution is 2.45. The van der Waals surface area contributed by atoms with Crippen LogP contribution >= 0.6 is 11.3 Å². The average molecular weight is 237 g/mol. The molecule has 0 aliphatic carbocycles. The molecule has 2 atom stereocenters. The Morgan fingerprint density at radius 2 is 2.44 bits per heavy atom. The third kappa shape index (κ3) is 1.62. The number of fused-ring (bicyclic) bond motifs is 2. The normalized spacial score (nSPS) is 34.0. The Morgan fingerprint density at radius 1 is 1.56 bits per heavy atom. The predicted octanol–water partition coefficient (Wildman–Crippen LogP) is 2.60. The van der Waals surface area contributed by atoms with E-state index in [1.807, 2.05) is 11.3 Å². The lowest BCUT2D eigenvalue weighted by molar-refractivity contribution is -0.0848. The fraction of sp³-hybridized carbons (Fsp3) is 0.692. The van der Waals surface area contributed by atoms with Gasteiger partial charge in [0.2, 0.25) is 0 Å². The van der Waals surface area contributed by atoms with Crippen LogP contribution in [0.1, 0.15) is 35.1 Å². The summed E-state index contributed by atoms with van der Waals surface area (Å²) in [6.07, 6.45) is 3.35. The Labute approximate surface area is 101 Å². The molecular weight excluding hydrogens is 218 g/mol. The molecule has 0 unspecified atom stereocenters. The van der Waals surface area contributed by atoms with E-state index in [1.165, 1.54) is 9.75 Å². The molecule has 1 fully saturated rings. The summed E-state index contributed by atoms with van der Waals surface area (Å²) in [5.41, 5.74) is 1.58. The molecule has 1 saturated heterocycles. The van der Waals surface area contributed by atoms with E-state index in [1.54, 1.807) is 5.56 Å². The number of aryl methyl sites for hydroxylation is 1. The van der Waals surface area contributed by atoms with Crippen molar-refractivity contribution < 1.29 is 4.74 Å². The van der Waals surface area contributed by atoms with Crippen molar-refractivity contribution in [2.75, 3.05) is 13.2 Å². The van der Waals surface area contributed by atoms with Gasteiger partial charge in [-0.15, -0.1) is 11.3 Å². The largest absolute Gasteiger partial charge is 0.369 e. The zero-order valence-corrected chi connectivity index (χ0v) is 10.8. The molecule has 2 nitrogen and oxygen atoms in total. The highest BCUT2D eigenvalue weighted by atomic mass is 32.1. The number of hydrogen-bond donors (Lipinski definition) is 1. The molecule has 0 bridgehead atoms. The van der Waals surface area contributed by atoms with Crippen molar-refractivity contribution in [3.8, 4) is 0 Å². The molecule has 2 aliphatic heterocycles. The van der Waals surface area contributed by atoms with Crippen LogP contribution in [-0.4, -0.2) is 19.2 Å². The molecule has 1 aromatic rings. The van der Waals surface area contributed by atoms with Crippen molar-refractivity contribution in [2.24, 2.45) is 0 Å². The maximum Gasteiger partial charge on any atom is 0.105 e. The smallest absolute Gasteiger partial charge is 0.105 e. The third-order valence-corrected chi connectivity index (χ3v) is 5.03. The summed E-state index contributed by atoms with van der Waals surface area (Å²) in [5, 5.41) is 3.52. The van der Waals surface area contributed by atoms with Crippen molar-refractivity contribution in [3.63, 3.8) is 0 Å². The van der Waals surface area contributed by atoms with E-state index in [9.17, 15) is 0 Å². The van der Waals surface area contributed by atoms with Gasteiger partial charge in [-0.25, -0.2) is 0 Å². The molecule has 0 saturated carbocycles. The van der Waals surface area contributed by atoms with Gasteiger partial charge in [-0.1, -0.05) is 0 Å². The number of ether oxygens (including phenoxy) is 1. The quantitative estimate of drug-likeness (QED) is 0.749. The Balaban J connectivity index is 2.02. The van der Waals surface area contributed by atoms with Crippen LogP contribution in [0, 0.1) is 6.92 Å². The van der Waals surface area contributed by atoms with Crippen LogP contribution < -0.4 is 5.32 Å². The van der Waals surface area contributed by atoms with Crippen LogP contribution in [0.4, 0.5) is 0 Å². The van der Waals surface area contributed by atoms with E-state index in [0.29, 0.717) is 6.04 Å². The minimum absolute atomic E-state index is 0.0389. The fourth-order valence-corrected chi connectivity index (χ4v) is 4.33. The number of hydrogen-bond acceptors (Lipinski definition) is 3. The van der Waals surface area contributed by atoms with Crippen molar-refractivity contribution in [1.29, 1.82) is 0 Å². The van der Waals surface area contributed by atoms with Gasteiger partial charge in [-0.3, -0.25) is 0 Å². The first-order valence-electron chi connectivity index (χ1n) is 6.17. The minimum Gasteiger partial charge on any atom is -0.369 e. The SMILES string of the molecule is Cc1cc2c(s1)[C@@]1(CCN[C@H](C)C1)OCC2. The summed E-state index contributed by atoms with van der Waals surface area (Å²) in [6.45, 7) is 6.45. The summed E-state index contributed by atoms with van der Waals surface area (Å²) in [4.78, 5) is 2.95. The van der Waals surface area contributed by atoms with Crippen molar-refractivity contribution in [3.05, 3.63) is 21.4 Å². The fourth-order valence-electron chi connectivity index (χ4n) is 3.09. The van der Waals surface area contributed by atoms with Gasteiger partial charge >= 0.3 is 0 Å². The van der Waals surface area contributed by atoms with Crippen molar-refractivity contribution in [2.45, 2.75) is 44.8 Å². The van der Waals surface area contributed by atoms with Crippen LogP contribution in [0.15, 0.2) is 6.07 Å². The second kappa shape index (κ2) is 3.83. The Kier molecular flexibility index (Phi) is 2.57. The molecule has 16 heavy (non-hydrogen) atoms. The standard InChI is InChI=1S/C13H19NOS/c1-9-8-13(4-5-14-9)12-11(3-6-15-13)7-10(2)16-12/h7,9,14H,3-6,8H2,1-2H3/t9-,13+/m1/s1. The van der Waals surface area contributed by atoms with E-state index < -0.39 is 0 Å². The van der Waals surface area contributed by atoms with E-state index in [4.69, 9.17) is 4.74 Å². The first-order valence-corrected chi connectivity index (χ1v) is 6.98. The number of nitrogens with one attached hydrogen (secondary N) is 1. The lowest BCUT2D eigenvalue weighted by Crippen LogP contribution is -2.48. The molecule has 88 valence electrons. The Hall–Kier alpha value is -0.380. The van der Waals surface area contributed by atoms with Crippen LogP contribution in [0.5, 0.6) is 0 Å². The number of thiophene rings is 1. The summed E-state index contributed by atoms with van der Waals surface area (Å²) in [7, 11) is 0. The average Bonchev–Trinajstić information content (AvgIpc) is 2.60. The number of piperidine rings is 1. The van der Waals surface area contributed by atoms with Gasteiger partial charge in [-0.05, 0) is 51.3 Å². The first kappa shape index (κ1) is 10.8. The van der Waals surface area contributed by atoms with Crippen LogP contribution in [-0.2, 0) is 16.8 Å². The molecule has 3 heterocycles. The second-order valence-corrected chi connectivity index (χ2v) is 6.37. The van der Waals surface area contributed by atoms with Crippen LogP contribution in [0.25, 0.3) is 0 Å². The summed E-state index contributed by atoms with van der Waals surface area (Å²) >= 11 is 1.94. The molecular formula is C13H19NOS. The van der Waals surface area contributed by atoms with Gasteiger partial charge in [0.25, 0.3) is 0 Å². The van der Waals surface area contributed by atoms with Crippen LogP contribution in [0.3, 0.4) is 0 Å². The second-order valence-electron chi connectivity index (χ2n) is 5.11. The lowest BCUT2D eigenvalue weighted by Gasteiger charge is -2.42. The molecule has 1 spiro atoms. The predicted molar refractivity (Wildman–Crippen MR) is 67.1 cm³/mol. The van der Waals surface area contributed by atoms with Gasteiger partial charge in [0, 0.05) is 15.8 Å². The Morgan fingerprint density at radius 3 is 3.25 bits per heavy atom. The molecule has 1 N–H and O–H groups in total. The maximum atomic E-state index is 6.19. The van der Waals surface area contributed by atoms with Gasteiger partial charge < -0.3 is 10.1 Å². The molecule has 0 aromatic carbocycles. The molecule has 3 rings (SSSR count). The van der Waals surface area contributed by atoms with E-state index in [0.717, 1.165) is 32.4 Å². The molecule has 1 aromatic heterocycles. The topological polar surface area (TPSA) is 21.3 Å². The summed E-state index contributed by atoms with van der Waals surface area (Å²) in [5.74, 6) is 0. The maximum absolute atomic E-state index is 6.19. The van der Waals surface area contributed by atoms with Gasteiger partial charge in [0.05, 0.1) is 6.61 Å². The molecule has 3 heteroatoms. The van der Waals surface area contributed by atoms with Gasteiger partial charge in [-0.2, -0.15) is 0 Å². The van der Waals surface area contributed by atoms with Gasteiger partial charge in [0.15, 0.2) is 0 Å². The zero-order chi connectivity index (χ0) is 11.2. The van der Waals surface area contributed by atoms with Gasteiger partial charge in [0.1, 0.15) is 5.60 Å². The molecule has 0 radical (unpaired) electrons. The lowest BCUT2D eigenvalue weighted by atomic mass is 9.83. The van der Waals surface area contributed by atoms with E-state index in [-0.39, 0.29) is 5.60 Å². The minimum atomic E-state index is 0.0389. The highest BCUT2D eigenvalue weighted by Gasteiger charge is 2.42. The zero-order valence-electron chi connectivity index (χ0n) is 10.0. The summed E-state index contributed by atoms with van der Waals surface area (Å²) in [6, 6.07) is 2.93. The van der Waals surface area contributed by atoms with Crippen LogP contribution in [0.2, 0.25) is 0 Å². The Bertz CT molecular complexity index is 401. The molecule has 2 aliphatic rings. The number of rotatable bonds is 0. The van der Waals surface area contributed by atoms with Crippen molar-refractivity contribution in [1.82, 2.24) is 5.32 Å². The first-order chi connectivity index (χ1) is 7.70. The monoisotopic (exact) mass is 237 g/mol. The highest BCUT2D eigenvalue weighted by molar-refractivity contribution is 7.12. The third-order valence-electron chi connectivity index (χ3n) is 3.75.